The smallest absolute Gasteiger partial charge is 0.225 e. The van der Waals surface area contributed by atoms with Crippen molar-refractivity contribution in [1.82, 2.24) is 15.2 Å². The Bertz CT molecular complexity index is 689. The first-order valence-electron chi connectivity index (χ1n) is 8.82. The number of nitrogens with zero attached hydrogens (tertiary/aromatic N) is 2. The van der Waals surface area contributed by atoms with Crippen LogP contribution in [0.4, 0.5) is 0 Å². The molecule has 1 N–H and O–H groups in total. The van der Waals surface area contributed by atoms with Crippen molar-refractivity contribution < 1.29 is 13.9 Å². The zero-order valence-electron chi connectivity index (χ0n) is 14.1. The summed E-state index contributed by atoms with van der Waals surface area (Å²) in [6.07, 6.45) is 6.31. The van der Waals surface area contributed by atoms with Gasteiger partial charge in [0.2, 0.25) is 5.91 Å². The lowest BCUT2D eigenvalue weighted by Gasteiger charge is -2.38. The standard InChI is InChI=1S/C19H23N3O3/c23-19(21-10-14-3-1-6-20-9-14)17-12-22(11-15-4-2-7-24-15)13-18-16(17)5-8-25-18/h1-4,6-7,9,16-18H,5,8,10-13H2,(H,21,23)/t16-,17+,18+/m0/s1. The third kappa shape index (κ3) is 3.75. The van der Waals surface area contributed by atoms with Crippen molar-refractivity contribution in [2.45, 2.75) is 25.6 Å². The van der Waals surface area contributed by atoms with E-state index >= 15 is 0 Å². The summed E-state index contributed by atoms with van der Waals surface area (Å²) in [7, 11) is 0. The van der Waals surface area contributed by atoms with Crippen molar-refractivity contribution in [3.8, 4) is 0 Å². The fraction of sp³-hybridized carbons (Fsp3) is 0.474. The Hall–Kier alpha value is -2.18. The van der Waals surface area contributed by atoms with Crippen molar-refractivity contribution >= 4 is 5.91 Å². The SMILES string of the molecule is O=C(NCc1cccnc1)[C@@H]1CN(Cc2ccco2)C[C@H]2OCC[C@H]21. The van der Waals surface area contributed by atoms with Crippen LogP contribution in [-0.4, -0.2) is 41.6 Å². The van der Waals surface area contributed by atoms with Gasteiger partial charge in [0.15, 0.2) is 0 Å². The van der Waals surface area contributed by atoms with Crippen molar-refractivity contribution in [3.05, 3.63) is 54.2 Å². The van der Waals surface area contributed by atoms with Crippen LogP contribution in [0.25, 0.3) is 0 Å². The predicted octanol–water partition coefficient (Wildman–Crippen LogP) is 1.83. The van der Waals surface area contributed by atoms with Crippen LogP contribution < -0.4 is 5.32 Å². The molecule has 4 rings (SSSR count). The van der Waals surface area contributed by atoms with Crippen molar-refractivity contribution in [1.29, 1.82) is 0 Å². The van der Waals surface area contributed by atoms with Crippen molar-refractivity contribution in [2.24, 2.45) is 11.8 Å². The number of aromatic nitrogens is 1. The Morgan fingerprint density at radius 1 is 1.32 bits per heavy atom. The molecule has 2 saturated heterocycles. The molecule has 2 aliphatic heterocycles. The molecule has 2 aliphatic rings. The highest BCUT2D eigenvalue weighted by Crippen LogP contribution is 2.34. The molecule has 6 heteroatoms. The van der Waals surface area contributed by atoms with Gasteiger partial charge < -0.3 is 14.5 Å². The first-order valence-corrected chi connectivity index (χ1v) is 8.82. The molecule has 0 unspecified atom stereocenters. The van der Waals surface area contributed by atoms with Gasteiger partial charge in [0.05, 0.1) is 24.8 Å². The number of rotatable bonds is 5. The third-order valence-corrected chi connectivity index (χ3v) is 5.16. The molecule has 0 bridgehead atoms. The topological polar surface area (TPSA) is 67.6 Å². The summed E-state index contributed by atoms with van der Waals surface area (Å²) in [4.78, 5) is 19.2. The molecular formula is C19H23N3O3. The third-order valence-electron chi connectivity index (χ3n) is 5.16. The molecule has 3 atom stereocenters. The van der Waals surface area contributed by atoms with Gasteiger partial charge in [-0.05, 0) is 30.2 Å². The number of furan rings is 1. The van der Waals surface area contributed by atoms with Gasteiger partial charge in [0, 0.05) is 44.6 Å². The second kappa shape index (κ2) is 7.37. The maximum absolute atomic E-state index is 12.8. The molecule has 0 aromatic carbocycles. The number of piperidine rings is 1. The van der Waals surface area contributed by atoms with Gasteiger partial charge in [0.25, 0.3) is 0 Å². The molecule has 0 saturated carbocycles. The van der Waals surface area contributed by atoms with Crippen LogP contribution in [0.2, 0.25) is 0 Å². The van der Waals surface area contributed by atoms with Gasteiger partial charge in [-0.3, -0.25) is 14.7 Å². The van der Waals surface area contributed by atoms with Crippen LogP contribution in [-0.2, 0) is 22.6 Å². The summed E-state index contributed by atoms with van der Waals surface area (Å²) in [5, 5.41) is 3.08. The second-order valence-electron chi connectivity index (χ2n) is 6.82. The summed E-state index contributed by atoms with van der Waals surface area (Å²) in [5.74, 6) is 1.29. The molecule has 4 heterocycles. The molecule has 0 spiro atoms. The van der Waals surface area contributed by atoms with E-state index in [1.807, 2.05) is 24.3 Å². The number of pyridine rings is 1. The highest BCUT2D eigenvalue weighted by Gasteiger charge is 2.43. The lowest BCUT2D eigenvalue weighted by molar-refractivity contribution is -0.131. The highest BCUT2D eigenvalue weighted by molar-refractivity contribution is 5.79. The molecule has 25 heavy (non-hydrogen) atoms. The van der Waals surface area contributed by atoms with E-state index in [-0.39, 0.29) is 17.9 Å². The van der Waals surface area contributed by atoms with Crippen LogP contribution in [0, 0.1) is 11.8 Å². The van der Waals surface area contributed by atoms with Crippen molar-refractivity contribution in [3.63, 3.8) is 0 Å². The predicted molar refractivity (Wildman–Crippen MR) is 91.4 cm³/mol. The van der Waals surface area contributed by atoms with E-state index in [1.54, 1.807) is 18.7 Å². The summed E-state index contributed by atoms with van der Waals surface area (Å²) in [5.41, 5.74) is 1.01. The number of hydrogen-bond acceptors (Lipinski definition) is 5. The fourth-order valence-electron chi connectivity index (χ4n) is 3.91. The van der Waals surface area contributed by atoms with E-state index in [4.69, 9.17) is 9.15 Å². The minimum atomic E-state index is -0.0483. The Morgan fingerprint density at radius 3 is 3.08 bits per heavy atom. The molecule has 2 fully saturated rings. The number of amides is 1. The minimum absolute atomic E-state index is 0.0483. The normalized spacial score (nSPS) is 26.3. The van der Waals surface area contributed by atoms with Crippen LogP contribution in [0.3, 0.4) is 0 Å². The summed E-state index contributed by atoms with van der Waals surface area (Å²) in [6.45, 7) is 3.57. The van der Waals surface area contributed by atoms with E-state index in [1.165, 1.54) is 0 Å². The molecule has 1 amide bonds. The van der Waals surface area contributed by atoms with Gasteiger partial charge >= 0.3 is 0 Å². The lowest BCUT2D eigenvalue weighted by Crippen LogP contribution is -2.52. The van der Waals surface area contributed by atoms with Crippen molar-refractivity contribution in [2.75, 3.05) is 19.7 Å². The Labute approximate surface area is 147 Å². The monoisotopic (exact) mass is 341 g/mol. The number of nitrogens with one attached hydrogen (secondary N) is 1. The first-order chi connectivity index (χ1) is 12.3. The van der Waals surface area contributed by atoms with Gasteiger partial charge in [-0.2, -0.15) is 0 Å². The average molecular weight is 341 g/mol. The van der Waals surface area contributed by atoms with Gasteiger partial charge in [-0.25, -0.2) is 0 Å². The van der Waals surface area contributed by atoms with Gasteiger partial charge in [0.1, 0.15) is 5.76 Å². The summed E-state index contributed by atoms with van der Waals surface area (Å²) < 4.78 is 11.3. The average Bonchev–Trinajstić information content (AvgIpc) is 3.31. The maximum atomic E-state index is 12.8. The number of likely N-dealkylation sites (tertiary alicyclic amines) is 1. The zero-order valence-corrected chi connectivity index (χ0v) is 14.1. The van der Waals surface area contributed by atoms with E-state index in [2.05, 4.69) is 15.2 Å². The lowest BCUT2D eigenvalue weighted by atomic mass is 9.82. The molecule has 2 aromatic rings. The van der Waals surface area contributed by atoms with E-state index in [0.29, 0.717) is 19.0 Å². The van der Waals surface area contributed by atoms with Gasteiger partial charge in [-0.1, -0.05) is 6.07 Å². The molecular weight excluding hydrogens is 318 g/mol. The van der Waals surface area contributed by atoms with E-state index in [9.17, 15) is 4.79 Å². The van der Waals surface area contributed by atoms with Crippen LogP contribution in [0.1, 0.15) is 17.7 Å². The fourth-order valence-corrected chi connectivity index (χ4v) is 3.91. The number of ether oxygens (including phenoxy) is 1. The second-order valence-corrected chi connectivity index (χ2v) is 6.82. The minimum Gasteiger partial charge on any atom is -0.468 e. The van der Waals surface area contributed by atoms with E-state index in [0.717, 1.165) is 37.4 Å². The highest BCUT2D eigenvalue weighted by atomic mass is 16.5. The molecule has 132 valence electrons. The largest absolute Gasteiger partial charge is 0.468 e. The summed E-state index contributed by atoms with van der Waals surface area (Å²) in [6, 6.07) is 7.72. The number of carbonyl (C=O) groups excluding carboxylic acids is 1. The number of carbonyl (C=O) groups is 1. The molecule has 2 aromatic heterocycles. The molecule has 6 nitrogen and oxygen atoms in total. The number of hydrogen-bond donors (Lipinski definition) is 1. The Morgan fingerprint density at radius 2 is 2.28 bits per heavy atom. The molecule has 0 aliphatic carbocycles. The Kier molecular flexibility index (Phi) is 4.81. The summed E-state index contributed by atoms with van der Waals surface area (Å²) >= 11 is 0. The number of fused-ring (bicyclic) bond motifs is 1. The van der Waals surface area contributed by atoms with E-state index < -0.39 is 0 Å². The molecule has 0 radical (unpaired) electrons. The maximum Gasteiger partial charge on any atom is 0.225 e. The first kappa shape index (κ1) is 16.3. The quantitative estimate of drug-likeness (QED) is 0.899. The Balaban J connectivity index is 1.41. The van der Waals surface area contributed by atoms with Crippen LogP contribution >= 0.6 is 0 Å². The van der Waals surface area contributed by atoms with Crippen LogP contribution in [0.15, 0.2) is 47.3 Å². The zero-order chi connectivity index (χ0) is 17.1. The van der Waals surface area contributed by atoms with Crippen LogP contribution in [0.5, 0.6) is 0 Å². The van der Waals surface area contributed by atoms with Gasteiger partial charge in [-0.15, -0.1) is 0 Å².